The summed E-state index contributed by atoms with van der Waals surface area (Å²) in [6.07, 6.45) is 2.10. The SMILES string of the molecule is NC(=O)CNC1CC1c1ccc(NCCc2ccccc2)cc1. The number of hydrogen-bond donors (Lipinski definition) is 3. The van der Waals surface area contributed by atoms with Crippen LogP contribution in [0.5, 0.6) is 0 Å². The van der Waals surface area contributed by atoms with Gasteiger partial charge < -0.3 is 16.4 Å². The first kappa shape index (κ1) is 15.6. The minimum Gasteiger partial charge on any atom is -0.385 e. The average molecular weight is 309 g/mol. The molecule has 1 aliphatic rings. The number of hydrogen-bond acceptors (Lipinski definition) is 3. The largest absolute Gasteiger partial charge is 0.385 e. The minimum atomic E-state index is -0.298. The maximum absolute atomic E-state index is 10.8. The van der Waals surface area contributed by atoms with E-state index in [9.17, 15) is 4.79 Å². The summed E-state index contributed by atoms with van der Waals surface area (Å²) in [4.78, 5) is 10.8. The van der Waals surface area contributed by atoms with Crippen molar-refractivity contribution in [1.82, 2.24) is 5.32 Å². The number of nitrogens with two attached hydrogens (primary N) is 1. The van der Waals surface area contributed by atoms with Gasteiger partial charge in [-0.2, -0.15) is 0 Å². The zero-order valence-corrected chi connectivity index (χ0v) is 13.2. The second-order valence-corrected chi connectivity index (χ2v) is 6.08. The molecule has 0 aromatic heterocycles. The molecule has 2 unspecified atom stereocenters. The zero-order chi connectivity index (χ0) is 16.1. The van der Waals surface area contributed by atoms with Gasteiger partial charge in [-0.25, -0.2) is 0 Å². The smallest absolute Gasteiger partial charge is 0.231 e. The Labute approximate surface area is 137 Å². The highest BCUT2D eigenvalue weighted by Gasteiger charge is 2.37. The molecule has 0 aliphatic heterocycles. The lowest BCUT2D eigenvalue weighted by atomic mass is 10.1. The molecular formula is C19H23N3O. The summed E-state index contributed by atoms with van der Waals surface area (Å²) < 4.78 is 0. The Morgan fingerprint density at radius 3 is 2.52 bits per heavy atom. The second-order valence-electron chi connectivity index (χ2n) is 6.08. The average Bonchev–Trinajstić information content (AvgIpc) is 3.34. The lowest BCUT2D eigenvalue weighted by molar-refractivity contribution is -0.117. The third-order valence-corrected chi connectivity index (χ3v) is 4.25. The van der Waals surface area contributed by atoms with Gasteiger partial charge in [-0.3, -0.25) is 4.79 Å². The zero-order valence-electron chi connectivity index (χ0n) is 13.2. The summed E-state index contributed by atoms with van der Waals surface area (Å²) in [5.74, 6) is 0.210. The van der Waals surface area contributed by atoms with Gasteiger partial charge in [0.2, 0.25) is 5.91 Å². The van der Waals surface area contributed by atoms with Crippen molar-refractivity contribution in [3.63, 3.8) is 0 Å². The van der Waals surface area contributed by atoms with Gasteiger partial charge >= 0.3 is 0 Å². The normalized spacial score (nSPS) is 19.3. The third kappa shape index (κ3) is 4.57. The Balaban J connectivity index is 1.44. The van der Waals surface area contributed by atoms with Crippen LogP contribution in [-0.4, -0.2) is 25.0 Å². The number of carbonyl (C=O) groups is 1. The standard InChI is InChI=1S/C19H23N3O/c20-19(23)13-22-18-12-17(18)15-6-8-16(9-7-15)21-11-10-14-4-2-1-3-5-14/h1-9,17-18,21-22H,10-13H2,(H2,20,23). The van der Waals surface area contributed by atoms with Gasteiger partial charge in [0.25, 0.3) is 0 Å². The quantitative estimate of drug-likeness (QED) is 0.701. The summed E-state index contributed by atoms with van der Waals surface area (Å²) in [6, 6.07) is 19.5. The van der Waals surface area contributed by atoms with Gasteiger partial charge in [0.1, 0.15) is 0 Å². The van der Waals surface area contributed by atoms with Crippen LogP contribution >= 0.6 is 0 Å². The van der Waals surface area contributed by atoms with E-state index in [1.807, 2.05) is 6.07 Å². The first-order chi connectivity index (χ1) is 11.2. The van der Waals surface area contributed by atoms with Crippen molar-refractivity contribution >= 4 is 11.6 Å². The number of nitrogens with one attached hydrogen (secondary N) is 2. The summed E-state index contributed by atoms with van der Waals surface area (Å²) in [5, 5.41) is 6.64. The van der Waals surface area contributed by atoms with Crippen molar-refractivity contribution in [2.45, 2.75) is 24.8 Å². The lowest BCUT2D eigenvalue weighted by Crippen LogP contribution is -2.30. The molecule has 0 heterocycles. The van der Waals surface area contributed by atoms with Crippen molar-refractivity contribution in [1.29, 1.82) is 0 Å². The van der Waals surface area contributed by atoms with E-state index in [1.165, 1.54) is 11.1 Å². The van der Waals surface area contributed by atoms with Crippen LogP contribution in [0.1, 0.15) is 23.5 Å². The van der Waals surface area contributed by atoms with Crippen molar-refractivity contribution < 1.29 is 4.79 Å². The molecule has 120 valence electrons. The van der Waals surface area contributed by atoms with Gasteiger partial charge in [0, 0.05) is 24.2 Å². The number of rotatable bonds is 8. The first-order valence-corrected chi connectivity index (χ1v) is 8.12. The first-order valence-electron chi connectivity index (χ1n) is 8.12. The maximum Gasteiger partial charge on any atom is 0.231 e. The summed E-state index contributed by atoms with van der Waals surface area (Å²) in [5.41, 5.74) is 8.96. The molecule has 1 fully saturated rings. The van der Waals surface area contributed by atoms with E-state index in [-0.39, 0.29) is 12.5 Å². The predicted molar refractivity (Wildman–Crippen MR) is 93.4 cm³/mol. The van der Waals surface area contributed by atoms with Gasteiger partial charge in [-0.1, -0.05) is 42.5 Å². The van der Waals surface area contributed by atoms with Gasteiger partial charge in [0.15, 0.2) is 0 Å². The topological polar surface area (TPSA) is 67.2 Å². The molecule has 1 amide bonds. The van der Waals surface area contributed by atoms with E-state index in [2.05, 4.69) is 59.2 Å². The molecule has 23 heavy (non-hydrogen) atoms. The van der Waals surface area contributed by atoms with Gasteiger partial charge in [-0.15, -0.1) is 0 Å². The molecule has 1 aliphatic carbocycles. The number of anilines is 1. The summed E-state index contributed by atoms with van der Waals surface area (Å²) >= 11 is 0. The highest BCUT2D eigenvalue weighted by Crippen LogP contribution is 2.40. The van der Waals surface area contributed by atoms with E-state index in [0.717, 1.165) is 25.1 Å². The van der Waals surface area contributed by atoms with Gasteiger partial charge in [-0.05, 0) is 36.1 Å². The predicted octanol–water partition coefficient (Wildman–Crippen LogP) is 2.27. The molecule has 2 aromatic carbocycles. The number of carbonyl (C=O) groups excluding carboxylic acids is 1. The number of primary amides is 1. The summed E-state index contributed by atoms with van der Waals surface area (Å²) in [6.45, 7) is 1.19. The Morgan fingerprint density at radius 2 is 1.83 bits per heavy atom. The molecule has 4 N–H and O–H groups in total. The lowest BCUT2D eigenvalue weighted by Gasteiger charge is -2.08. The van der Waals surface area contributed by atoms with E-state index in [0.29, 0.717) is 12.0 Å². The fourth-order valence-electron chi connectivity index (χ4n) is 2.86. The molecule has 2 atom stereocenters. The van der Waals surface area contributed by atoms with Crippen LogP contribution in [-0.2, 0) is 11.2 Å². The van der Waals surface area contributed by atoms with Crippen molar-refractivity contribution in [2.24, 2.45) is 5.73 Å². The Bertz CT molecular complexity index is 639. The van der Waals surface area contributed by atoms with Crippen LogP contribution in [0.3, 0.4) is 0 Å². The van der Waals surface area contributed by atoms with E-state index >= 15 is 0 Å². The molecule has 1 saturated carbocycles. The molecular weight excluding hydrogens is 286 g/mol. The fraction of sp³-hybridized carbons (Fsp3) is 0.316. The second kappa shape index (κ2) is 7.29. The van der Waals surface area contributed by atoms with E-state index in [4.69, 9.17) is 5.73 Å². The molecule has 2 aromatic rings. The minimum absolute atomic E-state index is 0.264. The molecule has 0 spiro atoms. The van der Waals surface area contributed by atoms with E-state index in [1.54, 1.807) is 0 Å². The summed E-state index contributed by atoms with van der Waals surface area (Å²) in [7, 11) is 0. The van der Waals surface area contributed by atoms with Crippen molar-refractivity contribution in [3.8, 4) is 0 Å². The van der Waals surface area contributed by atoms with Crippen LogP contribution < -0.4 is 16.4 Å². The molecule has 4 heteroatoms. The maximum atomic E-state index is 10.8. The van der Waals surface area contributed by atoms with E-state index < -0.39 is 0 Å². The number of benzene rings is 2. The van der Waals surface area contributed by atoms with Crippen LogP contribution in [0.25, 0.3) is 0 Å². The van der Waals surface area contributed by atoms with Crippen LogP contribution in [0.4, 0.5) is 5.69 Å². The third-order valence-electron chi connectivity index (χ3n) is 4.25. The highest BCUT2D eigenvalue weighted by atomic mass is 16.1. The van der Waals surface area contributed by atoms with Gasteiger partial charge in [0.05, 0.1) is 6.54 Å². The Hall–Kier alpha value is -2.33. The fourth-order valence-corrected chi connectivity index (χ4v) is 2.86. The molecule has 3 rings (SSSR count). The monoisotopic (exact) mass is 309 g/mol. The van der Waals surface area contributed by atoms with Crippen LogP contribution in [0.15, 0.2) is 54.6 Å². The highest BCUT2D eigenvalue weighted by molar-refractivity contribution is 5.76. The Kier molecular flexibility index (Phi) is 4.93. The van der Waals surface area contributed by atoms with Crippen LogP contribution in [0, 0.1) is 0 Å². The van der Waals surface area contributed by atoms with Crippen molar-refractivity contribution in [3.05, 3.63) is 65.7 Å². The molecule has 4 nitrogen and oxygen atoms in total. The molecule has 0 saturated heterocycles. The van der Waals surface area contributed by atoms with Crippen LogP contribution in [0.2, 0.25) is 0 Å². The Morgan fingerprint density at radius 1 is 1.09 bits per heavy atom. The number of amides is 1. The van der Waals surface area contributed by atoms with Crippen molar-refractivity contribution in [2.75, 3.05) is 18.4 Å². The molecule has 0 radical (unpaired) electrons. The molecule has 0 bridgehead atoms.